The van der Waals surface area contributed by atoms with Gasteiger partial charge in [-0.3, -0.25) is 0 Å². The number of benzene rings is 1. The second-order valence-electron chi connectivity index (χ2n) is 3.02. The van der Waals surface area contributed by atoms with Crippen molar-refractivity contribution in [2.24, 2.45) is 5.73 Å². The van der Waals surface area contributed by atoms with E-state index in [0.29, 0.717) is 11.4 Å². The summed E-state index contributed by atoms with van der Waals surface area (Å²) in [5.41, 5.74) is 6.86. The fourth-order valence-corrected chi connectivity index (χ4v) is 1.48. The number of hydrogen-bond donors (Lipinski definition) is 1. The molecule has 2 N–H and O–H groups in total. The van der Waals surface area contributed by atoms with Crippen molar-refractivity contribution in [1.82, 2.24) is 0 Å². The van der Waals surface area contributed by atoms with Crippen molar-refractivity contribution in [2.75, 3.05) is 7.11 Å². The minimum Gasteiger partial charge on any atom is -0.496 e. The minimum atomic E-state index is -0.110. The van der Waals surface area contributed by atoms with Crippen LogP contribution in [0.2, 0.25) is 5.02 Å². The van der Waals surface area contributed by atoms with Crippen molar-refractivity contribution >= 4 is 11.6 Å². The highest BCUT2D eigenvalue weighted by Crippen LogP contribution is 2.28. The number of rotatable bonds is 4. The lowest BCUT2D eigenvalue weighted by Crippen LogP contribution is -2.10. The van der Waals surface area contributed by atoms with Crippen LogP contribution in [0.3, 0.4) is 0 Å². The lowest BCUT2D eigenvalue weighted by atomic mass is 10.0. The molecule has 0 amide bonds. The van der Waals surface area contributed by atoms with Gasteiger partial charge in [-0.15, -0.1) is 6.58 Å². The first kappa shape index (κ1) is 11.1. The van der Waals surface area contributed by atoms with E-state index in [1.165, 1.54) is 0 Å². The van der Waals surface area contributed by atoms with Gasteiger partial charge < -0.3 is 10.5 Å². The molecular formula is C11H14ClNO. The molecule has 0 spiro atoms. The minimum absolute atomic E-state index is 0.110. The maximum atomic E-state index is 5.94. The molecule has 1 rings (SSSR count). The summed E-state index contributed by atoms with van der Waals surface area (Å²) in [4.78, 5) is 0. The van der Waals surface area contributed by atoms with Crippen molar-refractivity contribution in [3.63, 3.8) is 0 Å². The number of hydrogen-bond acceptors (Lipinski definition) is 2. The van der Waals surface area contributed by atoms with E-state index in [-0.39, 0.29) is 6.04 Å². The smallest absolute Gasteiger partial charge is 0.123 e. The third kappa shape index (κ3) is 2.50. The third-order valence-electron chi connectivity index (χ3n) is 2.01. The van der Waals surface area contributed by atoms with Crippen LogP contribution >= 0.6 is 11.6 Å². The molecule has 0 unspecified atom stereocenters. The molecule has 1 aromatic carbocycles. The Morgan fingerprint density at radius 1 is 1.64 bits per heavy atom. The van der Waals surface area contributed by atoms with E-state index in [9.17, 15) is 0 Å². The Morgan fingerprint density at radius 2 is 2.36 bits per heavy atom. The van der Waals surface area contributed by atoms with Crippen LogP contribution in [-0.2, 0) is 0 Å². The molecule has 0 fully saturated rings. The molecular weight excluding hydrogens is 198 g/mol. The Balaban J connectivity index is 3.02. The molecule has 0 aliphatic rings. The summed E-state index contributed by atoms with van der Waals surface area (Å²) in [7, 11) is 1.62. The summed E-state index contributed by atoms with van der Waals surface area (Å²) in [6, 6.07) is 5.32. The Labute approximate surface area is 89.3 Å². The van der Waals surface area contributed by atoms with Gasteiger partial charge in [0.1, 0.15) is 5.75 Å². The Kier molecular flexibility index (Phi) is 3.98. The number of nitrogens with two attached hydrogens (primary N) is 1. The van der Waals surface area contributed by atoms with Gasteiger partial charge >= 0.3 is 0 Å². The standard InChI is InChI=1S/C11H14ClNO/c1-3-4-10(13)9-7-8(12)5-6-11(9)14-2/h3,5-7,10H,1,4,13H2,2H3/t10-/m0/s1. The molecule has 2 nitrogen and oxygen atoms in total. The maximum absolute atomic E-state index is 5.94. The normalized spacial score (nSPS) is 12.2. The zero-order chi connectivity index (χ0) is 10.6. The van der Waals surface area contributed by atoms with Gasteiger partial charge in [-0.25, -0.2) is 0 Å². The van der Waals surface area contributed by atoms with E-state index < -0.39 is 0 Å². The lowest BCUT2D eigenvalue weighted by molar-refractivity contribution is 0.406. The van der Waals surface area contributed by atoms with Crippen LogP contribution in [-0.4, -0.2) is 7.11 Å². The van der Waals surface area contributed by atoms with Crippen LogP contribution in [0.5, 0.6) is 5.75 Å². The van der Waals surface area contributed by atoms with Gasteiger partial charge in [0.25, 0.3) is 0 Å². The summed E-state index contributed by atoms with van der Waals surface area (Å²) < 4.78 is 5.19. The van der Waals surface area contributed by atoms with E-state index in [2.05, 4.69) is 6.58 Å². The van der Waals surface area contributed by atoms with Gasteiger partial charge in [-0.05, 0) is 24.6 Å². The van der Waals surface area contributed by atoms with Crippen molar-refractivity contribution in [1.29, 1.82) is 0 Å². The first-order valence-electron chi connectivity index (χ1n) is 4.39. The topological polar surface area (TPSA) is 35.2 Å². The zero-order valence-electron chi connectivity index (χ0n) is 8.16. The highest BCUT2D eigenvalue weighted by atomic mass is 35.5. The quantitative estimate of drug-likeness (QED) is 0.778. The Hall–Kier alpha value is -0.990. The van der Waals surface area contributed by atoms with Crippen molar-refractivity contribution in [2.45, 2.75) is 12.5 Å². The van der Waals surface area contributed by atoms with Gasteiger partial charge in [-0.1, -0.05) is 17.7 Å². The second kappa shape index (κ2) is 5.03. The third-order valence-corrected chi connectivity index (χ3v) is 2.25. The summed E-state index contributed by atoms with van der Waals surface area (Å²) in [5.74, 6) is 0.767. The first-order chi connectivity index (χ1) is 6.69. The summed E-state index contributed by atoms with van der Waals surface area (Å²) in [5, 5.41) is 0.667. The van der Waals surface area contributed by atoms with Gasteiger partial charge in [0.05, 0.1) is 7.11 Å². The average molecular weight is 212 g/mol. The van der Waals surface area contributed by atoms with Crippen LogP contribution in [0, 0.1) is 0 Å². The maximum Gasteiger partial charge on any atom is 0.123 e. The molecule has 3 heteroatoms. The van der Waals surface area contributed by atoms with Gasteiger partial charge in [-0.2, -0.15) is 0 Å². The summed E-state index contributed by atoms with van der Waals surface area (Å²) in [6.07, 6.45) is 2.49. The monoisotopic (exact) mass is 211 g/mol. The molecule has 1 atom stereocenters. The average Bonchev–Trinajstić information content (AvgIpc) is 2.18. The van der Waals surface area contributed by atoms with Gasteiger partial charge in [0.15, 0.2) is 0 Å². The molecule has 0 bridgehead atoms. The van der Waals surface area contributed by atoms with Crippen LogP contribution < -0.4 is 10.5 Å². The Bertz CT molecular complexity index is 325. The number of halogens is 1. The fourth-order valence-electron chi connectivity index (χ4n) is 1.30. The fraction of sp³-hybridized carbons (Fsp3) is 0.273. The zero-order valence-corrected chi connectivity index (χ0v) is 8.92. The summed E-state index contributed by atoms with van der Waals surface area (Å²) in [6.45, 7) is 3.65. The van der Waals surface area contributed by atoms with Crippen LogP contribution in [0.25, 0.3) is 0 Å². The molecule has 0 aliphatic heterocycles. The first-order valence-corrected chi connectivity index (χ1v) is 4.76. The second-order valence-corrected chi connectivity index (χ2v) is 3.45. The number of methoxy groups -OCH3 is 1. The largest absolute Gasteiger partial charge is 0.496 e. The summed E-state index contributed by atoms with van der Waals surface area (Å²) >= 11 is 5.88. The van der Waals surface area contributed by atoms with Crippen LogP contribution in [0.4, 0.5) is 0 Å². The van der Waals surface area contributed by atoms with Crippen molar-refractivity contribution in [3.05, 3.63) is 41.4 Å². The van der Waals surface area contributed by atoms with E-state index in [0.717, 1.165) is 11.3 Å². The SMILES string of the molecule is C=CC[C@H](N)c1cc(Cl)ccc1OC. The van der Waals surface area contributed by atoms with E-state index in [1.807, 2.05) is 12.1 Å². The Morgan fingerprint density at radius 3 is 2.93 bits per heavy atom. The molecule has 0 aromatic heterocycles. The molecule has 0 heterocycles. The van der Waals surface area contributed by atoms with E-state index in [4.69, 9.17) is 22.1 Å². The van der Waals surface area contributed by atoms with Crippen molar-refractivity contribution < 1.29 is 4.74 Å². The lowest BCUT2D eigenvalue weighted by Gasteiger charge is -2.14. The van der Waals surface area contributed by atoms with Crippen LogP contribution in [0.1, 0.15) is 18.0 Å². The molecule has 0 saturated heterocycles. The number of ether oxygens (including phenoxy) is 1. The molecule has 14 heavy (non-hydrogen) atoms. The predicted molar refractivity (Wildman–Crippen MR) is 59.7 cm³/mol. The van der Waals surface area contributed by atoms with Crippen LogP contribution in [0.15, 0.2) is 30.9 Å². The predicted octanol–water partition coefficient (Wildman–Crippen LogP) is 2.92. The highest BCUT2D eigenvalue weighted by Gasteiger charge is 2.10. The molecule has 76 valence electrons. The van der Waals surface area contributed by atoms with Gasteiger partial charge in [0.2, 0.25) is 0 Å². The van der Waals surface area contributed by atoms with Crippen molar-refractivity contribution in [3.8, 4) is 5.75 Å². The molecule has 0 radical (unpaired) electrons. The molecule has 1 aromatic rings. The molecule has 0 aliphatic carbocycles. The van der Waals surface area contributed by atoms with E-state index in [1.54, 1.807) is 19.3 Å². The molecule has 0 saturated carbocycles. The highest BCUT2D eigenvalue weighted by molar-refractivity contribution is 6.30. The van der Waals surface area contributed by atoms with Gasteiger partial charge in [0, 0.05) is 16.6 Å². The van der Waals surface area contributed by atoms with E-state index >= 15 is 0 Å².